The molecule has 0 aliphatic heterocycles. The van der Waals surface area contributed by atoms with Gasteiger partial charge in [0.15, 0.2) is 0 Å². The van der Waals surface area contributed by atoms with E-state index in [1.807, 2.05) is 0 Å². The van der Waals surface area contributed by atoms with Crippen LogP contribution >= 0.6 is 0 Å². The van der Waals surface area contributed by atoms with Crippen LogP contribution in [0, 0.1) is 17.8 Å². The van der Waals surface area contributed by atoms with Crippen LogP contribution < -0.4 is 0 Å². The van der Waals surface area contributed by atoms with E-state index >= 15 is 0 Å². The Bertz CT molecular complexity index is 326. The van der Waals surface area contributed by atoms with Gasteiger partial charge in [-0.1, -0.05) is 31.4 Å². The van der Waals surface area contributed by atoms with Gasteiger partial charge in [-0.3, -0.25) is 4.79 Å². The van der Waals surface area contributed by atoms with Gasteiger partial charge >= 0.3 is 5.97 Å². The summed E-state index contributed by atoms with van der Waals surface area (Å²) in [7, 11) is 0. The molecule has 2 fully saturated rings. The van der Waals surface area contributed by atoms with Gasteiger partial charge in [0.05, 0.1) is 5.92 Å². The van der Waals surface area contributed by atoms with Crippen molar-refractivity contribution < 1.29 is 9.53 Å². The molecule has 2 bridgehead atoms. The van der Waals surface area contributed by atoms with Crippen molar-refractivity contribution in [3.05, 3.63) is 12.2 Å². The minimum Gasteiger partial charge on any atom is -0.462 e. The largest absolute Gasteiger partial charge is 0.462 e. The molecule has 3 rings (SSSR count). The smallest absolute Gasteiger partial charge is 0.309 e. The van der Waals surface area contributed by atoms with E-state index in [0.29, 0.717) is 11.8 Å². The number of hydrogen-bond acceptors (Lipinski definition) is 2. The maximum absolute atomic E-state index is 12.2. The van der Waals surface area contributed by atoms with Crippen LogP contribution in [0.3, 0.4) is 0 Å². The molecular weight excluding hydrogens is 224 g/mol. The summed E-state index contributed by atoms with van der Waals surface area (Å²) in [4.78, 5) is 12.2. The molecule has 0 saturated heterocycles. The van der Waals surface area contributed by atoms with Crippen LogP contribution in [0.1, 0.15) is 57.8 Å². The molecule has 2 heteroatoms. The Hall–Kier alpha value is -0.790. The van der Waals surface area contributed by atoms with Crippen LogP contribution in [-0.4, -0.2) is 12.1 Å². The van der Waals surface area contributed by atoms with Gasteiger partial charge in [0, 0.05) is 0 Å². The third-order valence-corrected chi connectivity index (χ3v) is 4.92. The molecule has 0 heterocycles. The molecule has 3 aliphatic carbocycles. The molecule has 3 unspecified atom stereocenters. The highest BCUT2D eigenvalue weighted by molar-refractivity contribution is 5.74. The normalized spacial score (nSPS) is 36.3. The average molecular weight is 248 g/mol. The van der Waals surface area contributed by atoms with E-state index in [1.165, 1.54) is 38.5 Å². The number of hydrogen-bond donors (Lipinski definition) is 0. The second kappa shape index (κ2) is 5.46. The summed E-state index contributed by atoms with van der Waals surface area (Å²) in [5.41, 5.74) is 0. The van der Waals surface area contributed by atoms with E-state index in [-0.39, 0.29) is 18.0 Å². The molecule has 18 heavy (non-hydrogen) atoms. The highest BCUT2D eigenvalue weighted by Crippen LogP contribution is 2.44. The first-order valence-corrected chi connectivity index (χ1v) is 7.72. The summed E-state index contributed by atoms with van der Waals surface area (Å²) in [5.74, 6) is 1.41. The molecule has 0 radical (unpaired) electrons. The van der Waals surface area contributed by atoms with Gasteiger partial charge in [-0.05, 0) is 50.4 Å². The highest BCUT2D eigenvalue weighted by Gasteiger charge is 2.41. The first-order valence-electron chi connectivity index (χ1n) is 7.72. The lowest BCUT2D eigenvalue weighted by Crippen LogP contribution is -2.27. The maximum Gasteiger partial charge on any atom is 0.309 e. The molecule has 0 aromatic rings. The van der Waals surface area contributed by atoms with Gasteiger partial charge in [-0.2, -0.15) is 0 Å². The van der Waals surface area contributed by atoms with Gasteiger partial charge < -0.3 is 4.74 Å². The second-order valence-electron chi connectivity index (χ2n) is 6.29. The summed E-state index contributed by atoms with van der Waals surface area (Å²) in [6, 6.07) is 0. The third-order valence-electron chi connectivity index (χ3n) is 4.92. The average Bonchev–Trinajstić information content (AvgIpc) is 2.94. The SMILES string of the molecule is O=C(OC1CCCCCCC1)C1CC2C=CC1C2. The van der Waals surface area contributed by atoms with Crippen molar-refractivity contribution in [1.82, 2.24) is 0 Å². The minimum atomic E-state index is 0.0948. The molecule has 0 aromatic carbocycles. The Morgan fingerprint density at radius 2 is 1.67 bits per heavy atom. The zero-order valence-corrected chi connectivity index (χ0v) is 11.1. The molecule has 100 valence electrons. The second-order valence-corrected chi connectivity index (χ2v) is 6.29. The lowest BCUT2D eigenvalue weighted by molar-refractivity contribution is -0.156. The summed E-state index contributed by atoms with van der Waals surface area (Å²) in [6.07, 6.45) is 15.6. The molecule has 3 atom stereocenters. The van der Waals surface area contributed by atoms with Crippen LogP contribution in [0.5, 0.6) is 0 Å². The van der Waals surface area contributed by atoms with Crippen molar-refractivity contribution in [2.24, 2.45) is 17.8 Å². The number of carbonyl (C=O) groups is 1. The lowest BCUT2D eigenvalue weighted by Gasteiger charge is -2.24. The van der Waals surface area contributed by atoms with E-state index in [4.69, 9.17) is 4.74 Å². The van der Waals surface area contributed by atoms with Crippen LogP contribution in [0.2, 0.25) is 0 Å². The van der Waals surface area contributed by atoms with Crippen LogP contribution in [0.4, 0.5) is 0 Å². The number of rotatable bonds is 2. The number of fused-ring (bicyclic) bond motifs is 2. The fourth-order valence-corrected chi connectivity index (χ4v) is 3.84. The van der Waals surface area contributed by atoms with Crippen molar-refractivity contribution in [2.45, 2.75) is 63.9 Å². The molecule has 0 amide bonds. The van der Waals surface area contributed by atoms with Crippen molar-refractivity contribution in [2.75, 3.05) is 0 Å². The zero-order valence-electron chi connectivity index (χ0n) is 11.1. The van der Waals surface area contributed by atoms with E-state index in [2.05, 4.69) is 12.2 Å². The Kier molecular flexibility index (Phi) is 3.72. The predicted molar refractivity (Wildman–Crippen MR) is 71.0 cm³/mol. The molecule has 0 aromatic heterocycles. The summed E-state index contributed by atoms with van der Waals surface area (Å²) in [6.45, 7) is 0. The molecule has 2 nitrogen and oxygen atoms in total. The lowest BCUT2D eigenvalue weighted by atomic mass is 9.93. The number of carbonyl (C=O) groups excluding carboxylic acids is 1. The van der Waals surface area contributed by atoms with E-state index in [1.54, 1.807) is 0 Å². The molecule has 2 saturated carbocycles. The minimum absolute atomic E-state index is 0.0948. The van der Waals surface area contributed by atoms with Crippen LogP contribution in [-0.2, 0) is 9.53 Å². The van der Waals surface area contributed by atoms with Gasteiger partial charge in [-0.25, -0.2) is 0 Å². The van der Waals surface area contributed by atoms with Crippen molar-refractivity contribution in [3.8, 4) is 0 Å². The van der Waals surface area contributed by atoms with Crippen LogP contribution in [0.15, 0.2) is 12.2 Å². The van der Waals surface area contributed by atoms with E-state index in [0.717, 1.165) is 19.3 Å². The predicted octanol–water partition coefficient (Wildman–Crippen LogP) is 3.85. The third kappa shape index (κ3) is 2.62. The molecule has 0 N–H and O–H groups in total. The fraction of sp³-hybridized carbons (Fsp3) is 0.812. The highest BCUT2D eigenvalue weighted by atomic mass is 16.5. The molecular formula is C16H24O2. The molecule has 3 aliphatic rings. The Morgan fingerprint density at radius 1 is 0.944 bits per heavy atom. The Morgan fingerprint density at radius 3 is 2.28 bits per heavy atom. The summed E-state index contributed by atoms with van der Waals surface area (Å²) in [5, 5.41) is 0. The van der Waals surface area contributed by atoms with Crippen LogP contribution in [0.25, 0.3) is 0 Å². The summed E-state index contributed by atoms with van der Waals surface area (Å²) >= 11 is 0. The molecule has 0 spiro atoms. The Balaban J connectivity index is 1.52. The van der Waals surface area contributed by atoms with E-state index in [9.17, 15) is 4.79 Å². The van der Waals surface area contributed by atoms with Crippen molar-refractivity contribution in [1.29, 1.82) is 0 Å². The Labute approximate surface area is 110 Å². The first kappa shape index (κ1) is 12.3. The van der Waals surface area contributed by atoms with Gasteiger partial charge in [0.2, 0.25) is 0 Å². The fourth-order valence-electron chi connectivity index (χ4n) is 3.84. The van der Waals surface area contributed by atoms with Gasteiger partial charge in [0.1, 0.15) is 6.10 Å². The number of ether oxygens (including phenoxy) is 1. The van der Waals surface area contributed by atoms with E-state index < -0.39 is 0 Å². The van der Waals surface area contributed by atoms with Crippen molar-refractivity contribution in [3.63, 3.8) is 0 Å². The maximum atomic E-state index is 12.2. The van der Waals surface area contributed by atoms with Gasteiger partial charge in [0.25, 0.3) is 0 Å². The zero-order chi connectivity index (χ0) is 12.4. The topological polar surface area (TPSA) is 26.3 Å². The quantitative estimate of drug-likeness (QED) is 0.548. The van der Waals surface area contributed by atoms with Crippen molar-refractivity contribution >= 4 is 5.97 Å². The number of esters is 1. The summed E-state index contributed by atoms with van der Waals surface area (Å²) < 4.78 is 5.79. The standard InChI is InChI=1S/C16H24O2/c17-16(15-11-12-8-9-13(15)10-12)18-14-6-4-2-1-3-5-7-14/h8-9,12-15H,1-7,10-11H2. The van der Waals surface area contributed by atoms with Gasteiger partial charge in [-0.15, -0.1) is 0 Å². The first-order chi connectivity index (χ1) is 8.83. The number of allylic oxidation sites excluding steroid dienone is 2. The monoisotopic (exact) mass is 248 g/mol.